The summed E-state index contributed by atoms with van der Waals surface area (Å²) in [5.74, 6) is -1.94. The minimum atomic E-state index is -1.19. The maximum atomic E-state index is 14.8. The summed E-state index contributed by atoms with van der Waals surface area (Å²) in [6.45, 7) is 4.82. The second kappa shape index (κ2) is 20.3. The Morgan fingerprint density at radius 3 is 2.02 bits per heavy atom. The molecule has 2 aromatic carbocycles. The van der Waals surface area contributed by atoms with Crippen molar-refractivity contribution in [3.05, 3.63) is 71.8 Å². The van der Waals surface area contributed by atoms with Gasteiger partial charge in [0.1, 0.15) is 29.7 Å². The Balaban J connectivity index is 1.61. The van der Waals surface area contributed by atoms with E-state index in [4.69, 9.17) is 11.5 Å². The van der Waals surface area contributed by atoms with Crippen LogP contribution in [0.3, 0.4) is 0 Å². The molecule has 0 saturated carbocycles. The predicted octanol–water partition coefficient (Wildman–Crippen LogP) is 1.91. The van der Waals surface area contributed by atoms with Gasteiger partial charge in [0.05, 0.1) is 0 Å². The molecule has 1 spiro atoms. The molecule has 13 nitrogen and oxygen atoms in total. The molecule has 1 unspecified atom stereocenters. The smallest absolute Gasteiger partial charge is 0.249 e. The van der Waals surface area contributed by atoms with Gasteiger partial charge in [-0.25, -0.2) is 0 Å². The van der Waals surface area contributed by atoms with Crippen molar-refractivity contribution in [3.63, 3.8) is 0 Å². The van der Waals surface area contributed by atoms with Crippen LogP contribution >= 0.6 is 11.8 Å². The zero-order chi connectivity index (χ0) is 39.3. The van der Waals surface area contributed by atoms with Crippen LogP contribution in [0.25, 0.3) is 0 Å². The monoisotopic (exact) mass is 763 g/mol. The normalized spacial score (nSPS) is 19.0. The fourth-order valence-corrected chi connectivity index (χ4v) is 7.94. The van der Waals surface area contributed by atoms with E-state index in [2.05, 4.69) is 16.0 Å². The van der Waals surface area contributed by atoms with Crippen LogP contribution in [0.1, 0.15) is 69.9 Å². The molecular formula is C40H57N7O6S. The zero-order valence-corrected chi connectivity index (χ0v) is 32.6. The maximum absolute atomic E-state index is 14.8. The largest absolute Gasteiger partial charge is 0.368 e. The quantitative estimate of drug-likeness (QED) is 0.135. The van der Waals surface area contributed by atoms with Crippen molar-refractivity contribution >= 4 is 47.2 Å². The Hall–Kier alpha value is -4.43. The van der Waals surface area contributed by atoms with Gasteiger partial charge in [-0.3, -0.25) is 28.8 Å². The van der Waals surface area contributed by atoms with Crippen molar-refractivity contribution in [3.8, 4) is 0 Å². The number of likely N-dealkylation sites (tertiary alicyclic amines) is 2. The van der Waals surface area contributed by atoms with E-state index in [1.165, 1.54) is 11.8 Å². The first-order valence-electron chi connectivity index (χ1n) is 19.0. The van der Waals surface area contributed by atoms with Gasteiger partial charge in [0.25, 0.3) is 0 Å². The number of amides is 6. The van der Waals surface area contributed by atoms with E-state index in [0.717, 1.165) is 11.1 Å². The molecule has 294 valence electrons. The predicted molar refractivity (Wildman–Crippen MR) is 210 cm³/mol. The molecule has 0 radical (unpaired) electrons. The molecule has 5 atom stereocenters. The van der Waals surface area contributed by atoms with Crippen LogP contribution in [0.5, 0.6) is 0 Å². The summed E-state index contributed by atoms with van der Waals surface area (Å²) >= 11 is 1.54. The SMILES string of the molecule is CSCC[C@H](NC(=O)[C@H](CC(C)C)N1CCC2(CCCN2C(=O)[C@H](Cc2ccccc2)NC(=O)[C@H](Cc2ccccc2)NC(=O)CCCN)C1=O)C(N)=O. The Morgan fingerprint density at radius 2 is 1.44 bits per heavy atom. The van der Waals surface area contributed by atoms with Gasteiger partial charge in [-0.2, -0.15) is 11.8 Å². The Kier molecular flexibility index (Phi) is 15.9. The van der Waals surface area contributed by atoms with Gasteiger partial charge in [-0.1, -0.05) is 74.5 Å². The van der Waals surface area contributed by atoms with Gasteiger partial charge in [0.15, 0.2) is 0 Å². The number of rotatable bonds is 20. The highest BCUT2D eigenvalue weighted by Gasteiger charge is 2.57. The number of thioether (sulfide) groups is 1. The minimum absolute atomic E-state index is 0.0507. The first-order valence-corrected chi connectivity index (χ1v) is 20.4. The molecule has 2 aliphatic heterocycles. The van der Waals surface area contributed by atoms with Crippen LogP contribution in [0.15, 0.2) is 60.7 Å². The van der Waals surface area contributed by atoms with Gasteiger partial charge in [-0.15, -0.1) is 0 Å². The first-order chi connectivity index (χ1) is 25.9. The van der Waals surface area contributed by atoms with E-state index in [9.17, 15) is 28.8 Å². The van der Waals surface area contributed by atoms with E-state index < -0.39 is 53.3 Å². The average molecular weight is 764 g/mol. The summed E-state index contributed by atoms with van der Waals surface area (Å²) in [6.07, 6.45) is 4.95. The third-order valence-corrected chi connectivity index (χ3v) is 10.9. The number of nitrogens with two attached hydrogens (primary N) is 2. The van der Waals surface area contributed by atoms with Crippen molar-refractivity contribution in [1.29, 1.82) is 0 Å². The van der Waals surface area contributed by atoms with Crippen molar-refractivity contribution in [2.24, 2.45) is 17.4 Å². The Bertz CT molecular complexity index is 1600. The molecule has 0 bridgehead atoms. The zero-order valence-electron chi connectivity index (χ0n) is 31.8. The van der Waals surface area contributed by atoms with Gasteiger partial charge in [0, 0.05) is 32.4 Å². The second-order valence-electron chi connectivity index (χ2n) is 14.7. The standard InChI is InChI=1S/C40H57N7O6S/c1-27(2)24-33(37(51)44-30(35(42)49)17-23-54-3)46-22-19-40(39(46)53)18-11-21-47(40)38(52)32(26-29-14-8-5-9-15-29)45-36(50)31(43-34(48)16-10-20-41)25-28-12-6-4-7-13-28/h4-9,12-15,27,30-33H,10-11,16-26,41H2,1-3H3,(H2,42,49)(H,43,48)(H,44,51)(H,45,50)/t30-,31-,32-,33-,40?/m0/s1. The lowest BCUT2D eigenvalue weighted by atomic mass is 9.92. The number of primary amides is 1. The number of benzene rings is 2. The highest BCUT2D eigenvalue weighted by atomic mass is 32.2. The van der Waals surface area contributed by atoms with E-state index >= 15 is 0 Å². The van der Waals surface area contributed by atoms with Gasteiger partial charge in [0.2, 0.25) is 35.4 Å². The first kappa shape index (κ1) is 42.3. The van der Waals surface area contributed by atoms with Crippen LogP contribution in [-0.2, 0) is 41.6 Å². The fraction of sp³-hybridized carbons (Fsp3) is 0.550. The third-order valence-electron chi connectivity index (χ3n) is 10.3. The van der Waals surface area contributed by atoms with Crippen LogP contribution in [0.4, 0.5) is 0 Å². The Labute approximate surface area is 323 Å². The third kappa shape index (κ3) is 11.1. The number of hydrogen-bond donors (Lipinski definition) is 5. The van der Waals surface area contributed by atoms with Crippen LogP contribution in [0, 0.1) is 5.92 Å². The lowest BCUT2D eigenvalue weighted by molar-refractivity contribution is -0.151. The van der Waals surface area contributed by atoms with Gasteiger partial charge in [-0.05, 0) is 74.1 Å². The maximum Gasteiger partial charge on any atom is 0.249 e. The van der Waals surface area contributed by atoms with Crippen molar-refractivity contribution in [1.82, 2.24) is 25.8 Å². The summed E-state index contributed by atoms with van der Waals surface area (Å²) in [5.41, 5.74) is 11.7. The fourth-order valence-electron chi connectivity index (χ4n) is 7.47. The minimum Gasteiger partial charge on any atom is -0.368 e. The van der Waals surface area contributed by atoms with Crippen LogP contribution in [-0.4, -0.2) is 107 Å². The molecule has 2 heterocycles. The average Bonchev–Trinajstić information content (AvgIpc) is 3.73. The number of nitrogens with one attached hydrogen (secondary N) is 3. The van der Waals surface area contributed by atoms with Gasteiger partial charge >= 0.3 is 0 Å². The summed E-state index contributed by atoms with van der Waals surface area (Å²) in [7, 11) is 0. The number of hydrogen-bond acceptors (Lipinski definition) is 8. The molecule has 54 heavy (non-hydrogen) atoms. The van der Waals surface area contributed by atoms with E-state index in [0.29, 0.717) is 57.4 Å². The van der Waals surface area contributed by atoms with E-state index in [-0.39, 0.29) is 43.5 Å². The molecule has 14 heteroatoms. The molecule has 2 saturated heterocycles. The molecule has 7 N–H and O–H groups in total. The topological polar surface area (TPSA) is 197 Å². The summed E-state index contributed by atoms with van der Waals surface area (Å²) in [6, 6.07) is 14.9. The molecule has 0 aliphatic carbocycles. The second-order valence-corrected chi connectivity index (χ2v) is 15.7. The highest BCUT2D eigenvalue weighted by Crippen LogP contribution is 2.40. The van der Waals surface area contributed by atoms with Gasteiger partial charge < -0.3 is 37.2 Å². The van der Waals surface area contributed by atoms with E-state index in [1.807, 2.05) is 80.8 Å². The lowest BCUT2D eigenvalue weighted by Gasteiger charge is -2.37. The summed E-state index contributed by atoms with van der Waals surface area (Å²) < 4.78 is 0. The van der Waals surface area contributed by atoms with Crippen LogP contribution < -0.4 is 27.4 Å². The van der Waals surface area contributed by atoms with Crippen molar-refractivity contribution < 1.29 is 28.8 Å². The molecule has 2 aromatic rings. The van der Waals surface area contributed by atoms with E-state index in [1.54, 1.807) is 9.80 Å². The van der Waals surface area contributed by atoms with Crippen molar-refractivity contribution in [2.75, 3.05) is 31.6 Å². The molecule has 2 fully saturated rings. The molecule has 0 aromatic heterocycles. The lowest BCUT2D eigenvalue weighted by Crippen LogP contribution is -2.61. The summed E-state index contributed by atoms with van der Waals surface area (Å²) in [4.78, 5) is 85.5. The highest BCUT2D eigenvalue weighted by molar-refractivity contribution is 7.98. The molecule has 4 rings (SSSR count). The molecular weight excluding hydrogens is 707 g/mol. The Morgan fingerprint density at radius 1 is 0.833 bits per heavy atom. The van der Waals surface area contributed by atoms with Crippen LogP contribution in [0.2, 0.25) is 0 Å². The molecule has 6 amide bonds. The summed E-state index contributed by atoms with van der Waals surface area (Å²) in [5, 5.41) is 8.62. The molecule has 2 aliphatic rings. The van der Waals surface area contributed by atoms with Crippen molar-refractivity contribution in [2.45, 2.75) is 101 Å². The number of carbonyl (C=O) groups excluding carboxylic acids is 6. The number of nitrogens with zero attached hydrogens (tertiary/aromatic N) is 2. The number of carbonyl (C=O) groups is 6.